The van der Waals surface area contributed by atoms with Crippen molar-refractivity contribution >= 4 is 29.9 Å². The molecular weight excluding hydrogens is 562 g/mol. The first-order valence-electron chi connectivity index (χ1n) is 14.2. The van der Waals surface area contributed by atoms with Crippen molar-refractivity contribution in [1.29, 1.82) is 0 Å². The normalized spacial score (nSPS) is 19.5. The Morgan fingerprint density at radius 2 is 1.62 bits per heavy atom. The van der Waals surface area contributed by atoms with Gasteiger partial charge in [0.05, 0.1) is 19.0 Å². The van der Waals surface area contributed by atoms with Crippen LogP contribution < -0.4 is 4.74 Å². The van der Waals surface area contributed by atoms with Crippen LogP contribution in [0.15, 0.2) is 60.7 Å². The van der Waals surface area contributed by atoms with Crippen molar-refractivity contribution in [3.05, 3.63) is 100 Å². The average Bonchev–Trinajstić information content (AvgIpc) is 3.30. The summed E-state index contributed by atoms with van der Waals surface area (Å²) in [4.78, 5) is 41.1. The highest BCUT2D eigenvalue weighted by Crippen LogP contribution is 2.35. The van der Waals surface area contributed by atoms with Crippen LogP contribution >= 0.6 is 12.4 Å². The predicted octanol–water partition coefficient (Wildman–Crippen LogP) is 5.99. The number of fused-ring (bicyclic) bond motifs is 1. The molecule has 0 bridgehead atoms. The lowest BCUT2D eigenvalue weighted by Crippen LogP contribution is -2.44. The Morgan fingerprint density at radius 1 is 0.881 bits per heavy atom. The Balaban J connectivity index is 0.00000353. The summed E-state index contributed by atoms with van der Waals surface area (Å²) in [6.45, 7) is 3.15. The SMILES string of the molecule is Cl.O=C1CC[C@H](N2Cc3c(OCc4ccc(CN5CCC(c6ccc(F)cc6F)CC5)cc4)cccc3C2=O)C(=O)C1. The number of nitrogens with zero attached hydrogens (tertiary/aromatic N) is 2. The molecule has 3 aromatic rings. The molecule has 0 radical (unpaired) electrons. The maximum Gasteiger partial charge on any atom is 0.255 e. The van der Waals surface area contributed by atoms with Gasteiger partial charge >= 0.3 is 0 Å². The number of rotatable bonds is 7. The van der Waals surface area contributed by atoms with Gasteiger partial charge < -0.3 is 9.64 Å². The third-order valence-electron chi connectivity index (χ3n) is 8.58. The van der Waals surface area contributed by atoms with Crippen LogP contribution in [-0.4, -0.2) is 46.4 Å². The minimum atomic E-state index is -0.553. The Kier molecular flexibility index (Phi) is 9.04. The second kappa shape index (κ2) is 12.7. The highest BCUT2D eigenvalue weighted by molar-refractivity contribution is 6.07. The Hall–Kier alpha value is -3.62. The first kappa shape index (κ1) is 29.9. The standard InChI is InChI=1S/C33H32F2N2O4.ClH/c34-24-8-10-26(29(35)16-24)23-12-14-36(15-13-23)18-21-4-6-22(7-5-21)20-41-32-3-1-2-27-28(32)19-37(33(27)40)30-11-9-25(38)17-31(30)39;/h1-8,10,16,23,30H,9,11-15,17-20H2;1H/t30-;/m0./s1. The number of piperidine rings is 1. The number of benzene rings is 3. The molecule has 1 aliphatic carbocycles. The Bertz CT molecular complexity index is 1490. The summed E-state index contributed by atoms with van der Waals surface area (Å²) in [7, 11) is 0. The minimum Gasteiger partial charge on any atom is -0.489 e. The summed E-state index contributed by atoms with van der Waals surface area (Å²) in [6, 6.07) is 17.0. The van der Waals surface area contributed by atoms with Crippen LogP contribution in [0.25, 0.3) is 0 Å². The zero-order valence-corrected chi connectivity index (χ0v) is 24.0. The number of carbonyl (C=O) groups excluding carboxylic acids is 3. The predicted molar refractivity (Wildman–Crippen MR) is 156 cm³/mol. The molecule has 2 fully saturated rings. The van der Waals surface area contributed by atoms with Crippen LogP contribution in [0.4, 0.5) is 8.78 Å². The van der Waals surface area contributed by atoms with Crippen molar-refractivity contribution < 1.29 is 27.9 Å². The van der Waals surface area contributed by atoms with Gasteiger partial charge in [-0.15, -0.1) is 12.4 Å². The van der Waals surface area contributed by atoms with Crippen molar-refractivity contribution in [3.8, 4) is 5.75 Å². The molecule has 1 saturated carbocycles. The van der Waals surface area contributed by atoms with Crippen LogP contribution in [0.2, 0.25) is 0 Å². The summed E-state index contributed by atoms with van der Waals surface area (Å²) in [5, 5.41) is 0. The molecule has 2 heterocycles. The van der Waals surface area contributed by atoms with E-state index >= 15 is 0 Å². The molecule has 0 aromatic heterocycles. The lowest BCUT2D eigenvalue weighted by atomic mass is 9.89. The number of ether oxygens (including phenoxy) is 1. The van der Waals surface area contributed by atoms with Gasteiger partial charge in [0.15, 0.2) is 5.78 Å². The zero-order valence-electron chi connectivity index (χ0n) is 23.2. The summed E-state index contributed by atoms with van der Waals surface area (Å²) >= 11 is 0. The molecule has 1 amide bonds. The fourth-order valence-electron chi connectivity index (χ4n) is 6.30. The number of halogens is 3. The van der Waals surface area contributed by atoms with E-state index in [0.29, 0.717) is 42.9 Å². The van der Waals surface area contributed by atoms with E-state index < -0.39 is 17.7 Å². The molecule has 3 aromatic carbocycles. The van der Waals surface area contributed by atoms with Crippen LogP contribution in [-0.2, 0) is 29.3 Å². The lowest BCUT2D eigenvalue weighted by Gasteiger charge is -2.32. The quantitative estimate of drug-likeness (QED) is 0.314. The fraction of sp³-hybridized carbons (Fsp3) is 0.364. The molecule has 42 heavy (non-hydrogen) atoms. The third kappa shape index (κ3) is 6.25. The van der Waals surface area contributed by atoms with Crippen molar-refractivity contribution in [2.45, 2.75) is 63.8 Å². The highest BCUT2D eigenvalue weighted by Gasteiger charge is 2.40. The van der Waals surface area contributed by atoms with Crippen molar-refractivity contribution in [2.75, 3.05) is 13.1 Å². The number of ketones is 2. The number of carbonyl (C=O) groups is 3. The van der Waals surface area contributed by atoms with Crippen molar-refractivity contribution in [1.82, 2.24) is 9.80 Å². The summed E-state index contributed by atoms with van der Waals surface area (Å²) in [6.07, 6.45) is 2.28. The monoisotopic (exact) mass is 594 g/mol. The third-order valence-corrected chi connectivity index (χ3v) is 8.58. The average molecular weight is 595 g/mol. The first-order valence-corrected chi connectivity index (χ1v) is 14.2. The zero-order chi connectivity index (χ0) is 28.5. The number of amides is 1. The van der Waals surface area contributed by atoms with E-state index in [1.165, 1.54) is 11.6 Å². The van der Waals surface area contributed by atoms with E-state index in [4.69, 9.17) is 4.74 Å². The Labute approximate surface area is 250 Å². The molecule has 0 spiro atoms. The van der Waals surface area contributed by atoms with Crippen molar-refractivity contribution in [2.24, 2.45) is 0 Å². The van der Waals surface area contributed by atoms with E-state index in [1.54, 1.807) is 23.1 Å². The topological polar surface area (TPSA) is 66.9 Å². The Morgan fingerprint density at radius 3 is 2.33 bits per heavy atom. The summed E-state index contributed by atoms with van der Waals surface area (Å²) in [5.41, 5.74) is 4.11. The summed E-state index contributed by atoms with van der Waals surface area (Å²) < 4.78 is 33.6. The van der Waals surface area contributed by atoms with Crippen LogP contribution in [0.3, 0.4) is 0 Å². The highest BCUT2D eigenvalue weighted by atomic mass is 35.5. The van der Waals surface area contributed by atoms with Crippen molar-refractivity contribution in [3.63, 3.8) is 0 Å². The van der Waals surface area contributed by atoms with E-state index in [2.05, 4.69) is 17.0 Å². The van der Waals surface area contributed by atoms with E-state index in [-0.39, 0.29) is 42.2 Å². The van der Waals surface area contributed by atoms with Gasteiger partial charge in [0.25, 0.3) is 5.91 Å². The van der Waals surface area contributed by atoms with Gasteiger partial charge in [0, 0.05) is 30.2 Å². The van der Waals surface area contributed by atoms with Gasteiger partial charge in [0.1, 0.15) is 29.8 Å². The van der Waals surface area contributed by atoms with E-state index in [1.807, 2.05) is 18.2 Å². The van der Waals surface area contributed by atoms with Crippen LogP contribution in [0.5, 0.6) is 5.75 Å². The van der Waals surface area contributed by atoms with Gasteiger partial charge in [-0.25, -0.2) is 8.78 Å². The first-order chi connectivity index (χ1) is 19.9. The van der Waals surface area contributed by atoms with Gasteiger partial charge in [-0.3, -0.25) is 19.3 Å². The van der Waals surface area contributed by atoms with Gasteiger partial charge in [-0.05, 0) is 73.2 Å². The molecule has 0 unspecified atom stereocenters. The number of Topliss-reactive ketones (excluding diaryl/α,β-unsaturated/α-hetero) is 2. The fourth-order valence-corrected chi connectivity index (χ4v) is 6.30. The minimum absolute atomic E-state index is 0. The largest absolute Gasteiger partial charge is 0.489 e. The lowest BCUT2D eigenvalue weighted by molar-refractivity contribution is -0.133. The number of hydrogen-bond donors (Lipinski definition) is 0. The number of hydrogen-bond acceptors (Lipinski definition) is 5. The molecule has 0 N–H and O–H groups in total. The maximum atomic E-state index is 14.2. The summed E-state index contributed by atoms with van der Waals surface area (Å²) in [5.74, 6) is -0.691. The second-order valence-corrected chi connectivity index (χ2v) is 11.3. The molecule has 220 valence electrons. The van der Waals surface area contributed by atoms with Gasteiger partial charge in [0.2, 0.25) is 0 Å². The molecule has 6 rings (SSSR count). The second-order valence-electron chi connectivity index (χ2n) is 11.3. The molecule has 3 aliphatic rings. The van der Waals surface area contributed by atoms with Gasteiger partial charge in [-0.2, -0.15) is 0 Å². The molecule has 9 heteroatoms. The smallest absolute Gasteiger partial charge is 0.255 e. The molecule has 2 aliphatic heterocycles. The molecular formula is C33H33ClF2N2O4. The number of likely N-dealkylation sites (tertiary alicyclic amines) is 1. The van der Waals surface area contributed by atoms with E-state index in [9.17, 15) is 23.2 Å². The van der Waals surface area contributed by atoms with Crippen LogP contribution in [0.1, 0.15) is 70.6 Å². The van der Waals surface area contributed by atoms with Gasteiger partial charge in [-0.1, -0.05) is 36.4 Å². The van der Waals surface area contributed by atoms with E-state index in [0.717, 1.165) is 49.7 Å². The molecule has 1 saturated heterocycles. The molecule has 6 nitrogen and oxygen atoms in total. The van der Waals surface area contributed by atoms with Crippen LogP contribution in [0, 0.1) is 11.6 Å². The molecule has 1 atom stereocenters. The maximum absolute atomic E-state index is 14.2.